The molecule has 0 aliphatic carbocycles. The van der Waals surface area contributed by atoms with Crippen LogP contribution in [0, 0.1) is 6.92 Å². The third kappa shape index (κ3) is 6.73. The van der Waals surface area contributed by atoms with E-state index in [1.807, 2.05) is 0 Å². The van der Waals surface area contributed by atoms with Crippen LogP contribution < -0.4 is 26.1 Å². The number of anilines is 1. The van der Waals surface area contributed by atoms with Crippen molar-refractivity contribution in [3.05, 3.63) is 90.1 Å². The highest BCUT2D eigenvalue weighted by molar-refractivity contribution is 7.90. The highest BCUT2D eigenvalue weighted by Crippen LogP contribution is 2.38. The van der Waals surface area contributed by atoms with Crippen LogP contribution in [0.2, 0.25) is 0 Å². The van der Waals surface area contributed by atoms with Gasteiger partial charge in [0.2, 0.25) is 0 Å². The van der Waals surface area contributed by atoms with Gasteiger partial charge >= 0.3 is 12.8 Å². The molecule has 43 heavy (non-hydrogen) atoms. The van der Waals surface area contributed by atoms with E-state index in [9.17, 15) is 30.4 Å². The molecule has 0 saturated heterocycles. The number of ether oxygens (including phenoxy) is 2. The summed E-state index contributed by atoms with van der Waals surface area (Å²) in [5.74, 6) is 6.23. The number of imidazole rings is 1. The first-order valence-corrected chi connectivity index (χ1v) is 14.2. The minimum absolute atomic E-state index is 0.00570. The zero-order valence-corrected chi connectivity index (χ0v) is 23.7. The maximum absolute atomic E-state index is 13.5. The van der Waals surface area contributed by atoms with E-state index in [-0.39, 0.29) is 44.9 Å². The predicted molar refractivity (Wildman–Crippen MR) is 150 cm³/mol. The van der Waals surface area contributed by atoms with Crippen LogP contribution in [0.15, 0.2) is 78.0 Å². The van der Waals surface area contributed by atoms with Gasteiger partial charge in [-0.3, -0.25) is 5.01 Å². The van der Waals surface area contributed by atoms with Crippen molar-refractivity contribution in [2.45, 2.75) is 24.6 Å². The number of rotatable bonds is 9. The average Bonchev–Trinajstić information content (AvgIpc) is 3.34. The van der Waals surface area contributed by atoms with Crippen LogP contribution in [0.1, 0.15) is 17.1 Å². The second-order valence-electron chi connectivity index (χ2n) is 9.21. The summed E-state index contributed by atoms with van der Waals surface area (Å²) in [6, 6.07) is 14.7. The van der Waals surface area contributed by atoms with Crippen molar-refractivity contribution >= 4 is 21.2 Å². The lowest BCUT2D eigenvalue weighted by molar-refractivity contribution is -0.141. The van der Waals surface area contributed by atoms with Crippen molar-refractivity contribution < 1.29 is 39.8 Å². The second kappa shape index (κ2) is 11.9. The fourth-order valence-electron chi connectivity index (χ4n) is 4.33. The molecule has 0 radical (unpaired) electrons. The largest absolute Gasteiger partial charge is 0.493 e. The van der Waals surface area contributed by atoms with Gasteiger partial charge in [-0.1, -0.05) is 18.2 Å². The van der Waals surface area contributed by atoms with E-state index < -0.39 is 28.3 Å². The molecule has 4 rings (SSSR count). The Morgan fingerprint density at radius 2 is 1.74 bits per heavy atom. The zero-order valence-electron chi connectivity index (χ0n) is 22.9. The summed E-state index contributed by atoms with van der Waals surface area (Å²) in [5, 5.41) is 1.06. The molecule has 0 unspecified atom stereocenters. The number of methoxy groups -OCH3 is 1. The molecule has 0 aliphatic heterocycles. The quantitative estimate of drug-likeness (QED) is 0.142. The fourth-order valence-corrected chi connectivity index (χ4v) is 5.00. The summed E-state index contributed by atoms with van der Waals surface area (Å²) >= 11 is 0. The van der Waals surface area contributed by atoms with Crippen LogP contribution in [0.25, 0.3) is 22.5 Å². The van der Waals surface area contributed by atoms with Gasteiger partial charge in [-0.2, -0.15) is 22.0 Å². The number of aryl methyl sites for hydroxylation is 1. The van der Waals surface area contributed by atoms with Gasteiger partial charge < -0.3 is 19.8 Å². The van der Waals surface area contributed by atoms with Gasteiger partial charge in [-0.25, -0.2) is 19.2 Å². The Labute approximate surface area is 243 Å². The molecular weight excluding hydrogens is 597 g/mol. The maximum Gasteiger partial charge on any atom is 0.434 e. The first-order valence-electron chi connectivity index (χ1n) is 12.3. The molecule has 9 nitrogen and oxygen atoms in total. The minimum Gasteiger partial charge on any atom is -0.493 e. The lowest BCUT2D eigenvalue weighted by Gasteiger charge is -2.26. The van der Waals surface area contributed by atoms with Crippen molar-refractivity contribution in [3.8, 4) is 28.3 Å². The molecule has 3 aromatic carbocycles. The SMILES string of the molecule is COc1ccc(/C(=C/N)N(N)c2cc(-c3cccc(S(C)(=O)=O)c3)ccc2-n2cc(C(F)(F)F)nc2C)cc1OC(F)F. The molecule has 0 bridgehead atoms. The van der Waals surface area contributed by atoms with Gasteiger partial charge in [0, 0.05) is 24.2 Å². The van der Waals surface area contributed by atoms with E-state index in [2.05, 4.69) is 9.72 Å². The molecule has 4 aromatic rings. The number of nitrogens with two attached hydrogens (primary N) is 2. The molecular formula is C28H26F5N5O4S. The molecule has 0 atom stereocenters. The Kier molecular flexibility index (Phi) is 8.69. The number of alkyl halides is 5. The number of sulfone groups is 1. The monoisotopic (exact) mass is 623 g/mol. The minimum atomic E-state index is -4.73. The van der Waals surface area contributed by atoms with Gasteiger partial charge in [-0.05, 0) is 60.5 Å². The van der Waals surface area contributed by atoms with Crippen molar-refractivity contribution in [3.63, 3.8) is 0 Å². The summed E-state index contributed by atoms with van der Waals surface area (Å²) in [6.07, 6.45) is -1.78. The Morgan fingerprint density at radius 1 is 1.05 bits per heavy atom. The Morgan fingerprint density at radius 3 is 2.33 bits per heavy atom. The van der Waals surface area contributed by atoms with Crippen LogP contribution in [0.5, 0.6) is 11.5 Å². The number of halogens is 5. The molecule has 0 fully saturated rings. The summed E-state index contributed by atoms with van der Waals surface area (Å²) < 4.78 is 102. The molecule has 1 heterocycles. The number of benzene rings is 3. The van der Waals surface area contributed by atoms with Crippen LogP contribution in [-0.2, 0) is 16.0 Å². The molecule has 0 spiro atoms. The molecule has 0 saturated carbocycles. The molecule has 4 N–H and O–H groups in total. The average molecular weight is 624 g/mol. The Bertz CT molecular complexity index is 1790. The lowest BCUT2D eigenvalue weighted by Crippen LogP contribution is -2.31. The third-order valence-corrected chi connectivity index (χ3v) is 7.47. The highest BCUT2D eigenvalue weighted by Gasteiger charge is 2.35. The van der Waals surface area contributed by atoms with Crippen LogP contribution in [0.4, 0.5) is 27.6 Å². The summed E-state index contributed by atoms with van der Waals surface area (Å²) in [4.78, 5) is 3.68. The standard InChI is InChI=1S/C28H26F5N5O4S/c1-16-36-26(28(31,32)33)15-37(16)21-9-7-18(17-5-4-6-20(11-17)43(3,39)40)12-22(21)38(35)23(14-34)19-8-10-24(41-2)25(13-19)42-27(29)30/h4-15,27H,34-35H2,1-3H3/b23-14-. The first kappa shape index (κ1) is 31.3. The van der Waals surface area contributed by atoms with Gasteiger partial charge in [0.25, 0.3) is 0 Å². The molecule has 0 aliphatic rings. The van der Waals surface area contributed by atoms with Crippen LogP contribution in [0.3, 0.4) is 0 Å². The predicted octanol–water partition coefficient (Wildman–Crippen LogP) is 5.52. The number of hydrogen-bond donors (Lipinski definition) is 2. The van der Waals surface area contributed by atoms with Gasteiger partial charge in [-0.15, -0.1) is 0 Å². The summed E-state index contributed by atoms with van der Waals surface area (Å²) in [6.45, 7) is -1.79. The second-order valence-corrected chi connectivity index (χ2v) is 11.2. The molecule has 0 amide bonds. The number of aromatic nitrogens is 2. The van der Waals surface area contributed by atoms with Crippen LogP contribution >= 0.6 is 0 Å². The topological polar surface area (TPSA) is 126 Å². The first-order chi connectivity index (χ1) is 20.1. The molecule has 15 heteroatoms. The fraction of sp³-hybridized carbons (Fsp3) is 0.179. The third-order valence-electron chi connectivity index (χ3n) is 6.36. The number of hydrazine groups is 1. The van der Waals surface area contributed by atoms with Crippen molar-refractivity contribution in [1.82, 2.24) is 9.55 Å². The normalized spacial score (nSPS) is 12.5. The van der Waals surface area contributed by atoms with E-state index in [4.69, 9.17) is 16.3 Å². The highest BCUT2D eigenvalue weighted by atomic mass is 32.2. The van der Waals surface area contributed by atoms with E-state index in [0.717, 1.165) is 23.7 Å². The maximum atomic E-state index is 13.5. The zero-order chi connectivity index (χ0) is 31.7. The smallest absolute Gasteiger partial charge is 0.434 e. The van der Waals surface area contributed by atoms with Gasteiger partial charge in [0.1, 0.15) is 5.82 Å². The number of nitrogens with zero attached hydrogens (tertiary/aromatic N) is 3. The molecule has 1 aromatic heterocycles. The Hall–Kier alpha value is -4.63. The Balaban J connectivity index is 1.92. The van der Waals surface area contributed by atoms with E-state index in [1.165, 1.54) is 61.1 Å². The number of hydrogen-bond acceptors (Lipinski definition) is 8. The lowest BCUT2D eigenvalue weighted by atomic mass is 10.0. The van der Waals surface area contributed by atoms with E-state index >= 15 is 0 Å². The summed E-state index contributed by atoms with van der Waals surface area (Å²) in [7, 11) is -2.29. The summed E-state index contributed by atoms with van der Waals surface area (Å²) in [5.41, 5.74) is 6.24. The van der Waals surface area contributed by atoms with Gasteiger partial charge in [0.15, 0.2) is 27.0 Å². The van der Waals surface area contributed by atoms with Crippen molar-refractivity contribution in [2.24, 2.45) is 11.6 Å². The van der Waals surface area contributed by atoms with Crippen molar-refractivity contribution in [1.29, 1.82) is 0 Å². The van der Waals surface area contributed by atoms with E-state index in [0.29, 0.717) is 11.1 Å². The van der Waals surface area contributed by atoms with E-state index in [1.54, 1.807) is 18.2 Å². The van der Waals surface area contributed by atoms with Crippen molar-refractivity contribution in [2.75, 3.05) is 18.4 Å². The molecule has 228 valence electrons. The van der Waals surface area contributed by atoms with Gasteiger partial charge in [0.05, 0.1) is 29.1 Å². The van der Waals surface area contributed by atoms with Crippen LogP contribution in [-0.4, -0.2) is 37.9 Å².